The molecule has 0 atom stereocenters. The lowest BCUT2D eigenvalue weighted by Gasteiger charge is -2.06. The van der Waals surface area contributed by atoms with Gasteiger partial charge in [0.1, 0.15) is 0 Å². The van der Waals surface area contributed by atoms with E-state index in [1.807, 2.05) is 47.8 Å². The molecule has 8 heteroatoms. The van der Waals surface area contributed by atoms with Crippen LogP contribution in [0.15, 0.2) is 90.9 Å². The Morgan fingerprint density at radius 3 is 2.45 bits per heavy atom. The quantitative estimate of drug-likeness (QED) is 0.363. The Kier molecular flexibility index (Phi) is 5.84. The molecule has 29 heavy (non-hydrogen) atoms. The minimum Gasteiger partial charge on any atom is -0.419 e. The second-order valence-corrected chi connectivity index (χ2v) is 10.0. The summed E-state index contributed by atoms with van der Waals surface area (Å²) in [5.41, 5.74) is 0.714. The van der Waals surface area contributed by atoms with Gasteiger partial charge in [0.2, 0.25) is 26.6 Å². The van der Waals surface area contributed by atoms with Crippen LogP contribution in [0.4, 0.5) is 5.88 Å². The Morgan fingerprint density at radius 1 is 1.00 bits per heavy atom. The molecule has 148 valence electrons. The largest absolute Gasteiger partial charge is 0.419 e. The van der Waals surface area contributed by atoms with Crippen molar-refractivity contribution in [2.24, 2.45) is 0 Å². The Bertz CT molecular complexity index is 1190. The maximum Gasteiger partial charge on any atom is 0.233 e. The van der Waals surface area contributed by atoms with Gasteiger partial charge in [-0.1, -0.05) is 40.2 Å². The predicted molar refractivity (Wildman–Crippen MR) is 118 cm³/mol. The molecule has 1 N–H and O–H groups in total. The summed E-state index contributed by atoms with van der Waals surface area (Å²) >= 11 is 4.99. The third-order valence-corrected chi connectivity index (χ3v) is 7.38. The van der Waals surface area contributed by atoms with Crippen LogP contribution in [0.1, 0.15) is 4.88 Å². The lowest BCUT2D eigenvalue weighted by atomic mass is 10.2. The molecule has 0 fully saturated rings. The molecule has 2 aromatic heterocycles. The average Bonchev–Trinajstić information content (AvgIpc) is 3.39. The van der Waals surface area contributed by atoms with Crippen LogP contribution in [0, 0.1) is 0 Å². The fraction of sp³-hybridized carbons (Fsp3) is 0.0952. The number of thiophene rings is 1. The van der Waals surface area contributed by atoms with E-state index < -0.39 is 9.84 Å². The van der Waals surface area contributed by atoms with Crippen molar-refractivity contribution in [2.45, 2.75) is 16.3 Å². The Labute approximate surface area is 181 Å². The van der Waals surface area contributed by atoms with Crippen LogP contribution >= 0.6 is 27.3 Å². The Balaban J connectivity index is 1.70. The van der Waals surface area contributed by atoms with E-state index in [4.69, 9.17) is 4.42 Å². The second-order valence-electron chi connectivity index (χ2n) is 6.23. The highest BCUT2D eigenvalue weighted by Gasteiger charge is 2.28. The van der Waals surface area contributed by atoms with Crippen molar-refractivity contribution >= 4 is 43.0 Å². The van der Waals surface area contributed by atoms with E-state index in [0.717, 1.165) is 10.9 Å². The first kappa shape index (κ1) is 19.9. The lowest BCUT2D eigenvalue weighted by Crippen LogP contribution is -2.09. The molecule has 2 heterocycles. The summed E-state index contributed by atoms with van der Waals surface area (Å²) in [5.74, 6) is 0.420. The zero-order valence-corrected chi connectivity index (χ0v) is 18.4. The number of nitrogens with one attached hydrogen (secondary N) is 1. The van der Waals surface area contributed by atoms with Gasteiger partial charge in [-0.3, -0.25) is 0 Å². The van der Waals surface area contributed by atoms with Gasteiger partial charge in [-0.25, -0.2) is 8.42 Å². The third kappa shape index (κ3) is 4.44. The van der Waals surface area contributed by atoms with E-state index in [-0.39, 0.29) is 21.7 Å². The number of hydrogen-bond donors (Lipinski definition) is 1. The van der Waals surface area contributed by atoms with Gasteiger partial charge in [-0.15, -0.1) is 11.3 Å². The highest BCUT2D eigenvalue weighted by molar-refractivity contribution is 9.10. The minimum atomic E-state index is -3.84. The van der Waals surface area contributed by atoms with E-state index >= 15 is 0 Å². The van der Waals surface area contributed by atoms with Crippen LogP contribution in [0.5, 0.6) is 0 Å². The van der Waals surface area contributed by atoms with Gasteiger partial charge in [0.25, 0.3) is 0 Å². The second kappa shape index (κ2) is 8.52. The molecule has 0 aliphatic carbocycles. The van der Waals surface area contributed by atoms with Gasteiger partial charge in [0.15, 0.2) is 0 Å². The summed E-state index contributed by atoms with van der Waals surface area (Å²) in [6.07, 6.45) is 0.761. The molecule has 0 radical (unpaired) electrons. The van der Waals surface area contributed by atoms with Crippen LogP contribution in [-0.4, -0.2) is 19.9 Å². The van der Waals surface area contributed by atoms with E-state index in [9.17, 15) is 8.42 Å². The molecule has 0 amide bonds. The molecule has 2 aromatic carbocycles. The first-order chi connectivity index (χ1) is 14.0. The SMILES string of the molecule is O=S(=O)(c1ccc(Br)cc1)c1nc(-c2ccccc2)oc1NCCc1cccs1. The number of oxazole rings is 1. The van der Waals surface area contributed by atoms with E-state index in [2.05, 4.69) is 26.2 Å². The summed E-state index contributed by atoms with van der Waals surface area (Å²) in [5, 5.41) is 5.03. The summed E-state index contributed by atoms with van der Waals surface area (Å²) in [7, 11) is -3.84. The van der Waals surface area contributed by atoms with Crippen molar-refractivity contribution < 1.29 is 12.8 Å². The van der Waals surface area contributed by atoms with Gasteiger partial charge >= 0.3 is 0 Å². The monoisotopic (exact) mass is 488 g/mol. The lowest BCUT2D eigenvalue weighted by molar-refractivity contribution is 0.577. The van der Waals surface area contributed by atoms with Gasteiger partial charge in [-0.05, 0) is 54.3 Å². The highest BCUT2D eigenvalue weighted by Crippen LogP contribution is 2.32. The molecule has 0 bridgehead atoms. The van der Waals surface area contributed by atoms with Crippen molar-refractivity contribution in [2.75, 3.05) is 11.9 Å². The molecule has 0 spiro atoms. The number of sulfone groups is 1. The van der Waals surface area contributed by atoms with Crippen LogP contribution in [0.25, 0.3) is 11.5 Å². The topological polar surface area (TPSA) is 72.2 Å². The van der Waals surface area contributed by atoms with Gasteiger partial charge < -0.3 is 9.73 Å². The fourth-order valence-corrected chi connectivity index (χ4v) is 5.04. The molecule has 4 rings (SSSR count). The van der Waals surface area contributed by atoms with Crippen molar-refractivity contribution in [3.05, 3.63) is 81.5 Å². The smallest absolute Gasteiger partial charge is 0.233 e. The maximum atomic E-state index is 13.2. The predicted octanol–water partition coefficient (Wildman–Crippen LogP) is 5.65. The summed E-state index contributed by atoms with van der Waals surface area (Å²) in [6.45, 7) is 0.535. The first-order valence-electron chi connectivity index (χ1n) is 8.87. The van der Waals surface area contributed by atoms with Crippen LogP contribution in [0.2, 0.25) is 0 Å². The summed E-state index contributed by atoms with van der Waals surface area (Å²) in [6, 6.07) is 19.8. The first-order valence-corrected chi connectivity index (χ1v) is 12.0. The van der Waals surface area contributed by atoms with Crippen LogP contribution < -0.4 is 5.32 Å². The Hall–Kier alpha value is -2.42. The maximum absolute atomic E-state index is 13.2. The van der Waals surface area contributed by atoms with Gasteiger partial charge in [0.05, 0.1) is 4.90 Å². The van der Waals surface area contributed by atoms with Crippen molar-refractivity contribution in [1.82, 2.24) is 4.98 Å². The zero-order chi connectivity index (χ0) is 20.3. The highest BCUT2D eigenvalue weighted by atomic mass is 79.9. The van der Waals surface area contributed by atoms with Crippen molar-refractivity contribution in [3.63, 3.8) is 0 Å². The molecule has 0 aliphatic heterocycles. The van der Waals surface area contributed by atoms with Crippen LogP contribution in [0.3, 0.4) is 0 Å². The number of anilines is 1. The molecule has 0 saturated carbocycles. The van der Waals surface area contributed by atoms with Gasteiger partial charge in [0, 0.05) is 21.5 Å². The molecular formula is C21H17BrN2O3S2. The zero-order valence-electron chi connectivity index (χ0n) is 15.2. The fourth-order valence-electron chi connectivity index (χ4n) is 2.78. The third-order valence-electron chi connectivity index (χ3n) is 4.23. The average molecular weight is 489 g/mol. The molecule has 0 saturated heterocycles. The minimum absolute atomic E-state index is 0.107. The normalized spacial score (nSPS) is 11.5. The van der Waals surface area contributed by atoms with Crippen molar-refractivity contribution in [1.29, 1.82) is 0 Å². The number of nitrogens with zero attached hydrogens (tertiary/aromatic N) is 1. The Morgan fingerprint density at radius 2 is 1.76 bits per heavy atom. The van der Waals surface area contributed by atoms with Crippen LogP contribution in [-0.2, 0) is 16.3 Å². The number of hydrogen-bond acceptors (Lipinski definition) is 6. The summed E-state index contributed by atoms with van der Waals surface area (Å²) < 4.78 is 33.1. The number of halogens is 1. The summed E-state index contributed by atoms with van der Waals surface area (Å²) in [4.78, 5) is 5.71. The number of aromatic nitrogens is 1. The van der Waals surface area contributed by atoms with E-state index in [0.29, 0.717) is 12.1 Å². The number of rotatable bonds is 7. The molecule has 4 aromatic rings. The molecule has 0 unspecified atom stereocenters. The molecule has 0 aliphatic rings. The molecule has 5 nitrogen and oxygen atoms in total. The van der Waals surface area contributed by atoms with E-state index in [1.54, 1.807) is 35.6 Å². The standard InChI is InChI=1S/C21H17BrN2O3S2/c22-16-8-10-18(11-9-16)29(25,26)21-20(23-13-12-17-7-4-14-28-17)27-19(24-21)15-5-2-1-3-6-15/h1-11,14,23H,12-13H2. The number of benzene rings is 2. The van der Waals surface area contributed by atoms with Crippen molar-refractivity contribution in [3.8, 4) is 11.5 Å². The van der Waals surface area contributed by atoms with Gasteiger partial charge in [-0.2, -0.15) is 4.98 Å². The molecular weight excluding hydrogens is 472 g/mol. The van der Waals surface area contributed by atoms with E-state index in [1.165, 1.54) is 4.88 Å².